The second-order valence-corrected chi connectivity index (χ2v) is 14.4. The molecule has 8 aromatic carbocycles. The highest BCUT2D eigenvalue weighted by Crippen LogP contribution is 2.42. The van der Waals surface area contributed by atoms with Crippen LogP contribution in [0.15, 0.2) is 191 Å². The molecule has 266 valence electrons. The number of furan rings is 2. The molecule has 0 saturated heterocycles. The van der Waals surface area contributed by atoms with Crippen molar-refractivity contribution in [3.8, 4) is 51.0 Å². The van der Waals surface area contributed by atoms with Crippen LogP contribution in [0.1, 0.15) is 0 Å². The van der Waals surface area contributed by atoms with Gasteiger partial charge in [0, 0.05) is 43.4 Å². The molecule has 0 N–H and O–H groups in total. The molecule has 0 aliphatic heterocycles. The van der Waals surface area contributed by atoms with Crippen LogP contribution in [0.3, 0.4) is 0 Å². The Morgan fingerprint density at radius 1 is 0.333 bits per heavy atom. The summed E-state index contributed by atoms with van der Waals surface area (Å²) in [5.74, 6) is 1.67. The van der Waals surface area contributed by atoms with E-state index >= 15 is 0 Å². The Bertz CT molecular complexity index is 3530. The molecule has 0 aliphatic carbocycles. The minimum absolute atomic E-state index is 0.530. The number of nitrogens with zero attached hydrogens (tertiary/aromatic N) is 4. The predicted octanol–water partition coefficient (Wildman–Crippen LogP) is 13.4. The monoisotopic (exact) mass is 730 g/mol. The number of para-hydroxylation sites is 2. The highest BCUT2D eigenvalue weighted by atomic mass is 16.3. The molecule has 12 aromatic rings. The van der Waals surface area contributed by atoms with Crippen LogP contribution in [-0.2, 0) is 0 Å². The van der Waals surface area contributed by atoms with Gasteiger partial charge in [-0.1, -0.05) is 133 Å². The Morgan fingerprint density at radius 2 is 0.965 bits per heavy atom. The van der Waals surface area contributed by atoms with Crippen LogP contribution in [0.25, 0.3) is 117 Å². The molecule has 57 heavy (non-hydrogen) atoms. The van der Waals surface area contributed by atoms with Gasteiger partial charge in [0.15, 0.2) is 11.6 Å². The molecule has 6 nitrogen and oxygen atoms in total. The SMILES string of the molecule is c1ccc(-c2cccc(-c3cccc4oc5cc(-c6nc(-c7ccccc7)nc(-n7c8ccccc8c8c9c(ccc87)oc7ccccc79)n6)ccc5c34)c2)cc1. The Kier molecular flexibility index (Phi) is 6.83. The molecule has 12 rings (SSSR count). The van der Waals surface area contributed by atoms with Gasteiger partial charge in [-0.05, 0) is 70.8 Å². The Labute approximate surface area is 325 Å². The summed E-state index contributed by atoms with van der Waals surface area (Å²) in [4.78, 5) is 15.5. The maximum absolute atomic E-state index is 6.61. The van der Waals surface area contributed by atoms with Crippen LogP contribution in [-0.4, -0.2) is 19.5 Å². The van der Waals surface area contributed by atoms with Gasteiger partial charge in [0.25, 0.3) is 0 Å². The van der Waals surface area contributed by atoms with E-state index in [1.807, 2.05) is 54.6 Å². The second kappa shape index (κ2) is 12.3. The first-order chi connectivity index (χ1) is 28.2. The van der Waals surface area contributed by atoms with Crippen LogP contribution in [0.5, 0.6) is 0 Å². The number of aromatic nitrogens is 4. The highest BCUT2D eigenvalue weighted by Gasteiger charge is 2.22. The maximum atomic E-state index is 6.61. The van der Waals surface area contributed by atoms with E-state index in [0.717, 1.165) is 87.9 Å². The van der Waals surface area contributed by atoms with Crippen molar-refractivity contribution in [3.63, 3.8) is 0 Å². The standard InChI is InChI=1S/C51H30N4O2/c1-3-13-31(14-4-1)33-17-11-18-34(29-33)36-21-12-24-43-46(36)39-26-25-35(30-45(39)57-43)50-52-49(32-15-5-2-6-16-32)53-51(54-50)55-40-22-9-7-19-37(40)47-41(55)27-28-44-48(47)38-20-8-10-23-42(38)56-44/h1-30H. The number of hydrogen-bond acceptors (Lipinski definition) is 5. The smallest absolute Gasteiger partial charge is 0.238 e. The number of hydrogen-bond donors (Lipinski definition) is 0. The zero-order valence-corrected chi connectivity index (χ0v) is 30.4. The third-order valence-electron chi connectivity index (χ3n) is 11.1. The van der Waals surface area contributed by atoms with E-state index in [9.17, 15) is 0 Å². The topological polar surface area (TPSA) is 69.9 Å². The normalized spacial score (nSPS) is 11.9. The second-order valence-electron chi connectivity index (χ2n) is 14.4. The molecule has 0 amide bonds. The lowest BCUT2D eigenvalue weighted by Gasteiger charge is -2.11. The average Bonchev–Trinajstić information content (AvgIpc) is 3.96. The molecule has 0 radical (unpaired) electrons. The van der Waals surface area contributed by atoms with E-state index in [1.165, 1.54) is 11.1 Å². The van der Waals surface area contributed by atoms with E-state index in [1.54, 1.807) is 0 Å². The zero-order chi connectivity index (χ0) is 37.5. The minimum Gasteiger partial charge on any atom is -0.456 e. The van der Waals surface area contributed by atoms with Gasteiger partial charge in [0.2, 0.25) is 5.95 Å². The molecule has 0 unspecified atom stereocenters. The van der Waals surface area contributed by atoms with E-state index in [2.05, 4.69) is 132 Å². The summed E-state index contributed by atoms with van der Waals surface area (Å²) in [5, 5.41) is 6.47. The van der Waals surface area contributed by atoms with Crippen molar-refractivity contribution in [2.24, 2.45) is 0 Å². The predicted molar refractivity (Wildman–Crippen MR) is 230 cm³/mol. The van der Waals surface area contributed by atoms with Gasteiger partial charge in [-0.15, -0.1) is 0 Å². The molecule has 4 aromatic heterocycles. The number of benzene rings is 8. The average molecular weight is 731 g/mol. The molecule has 0 saturated carbocycles. The molecule has 6 heteroatoms. The molecule has 0 fully saturated rings. The first-order valence-corrected chi connectivity index (χ1v) is 19.0. The quantitative estimate of drug-likeness (QED) is 0.176. The third kappa shape index (κ3) is 4.94. The lowest BCUT2D eigenvalue weighted by molar-refractivity contribution is 0.669. The number of rotatable bonds is 5. The van der Waals surface area contributed by atoms with Gasteiger partial charge >= 0.3 is 0 Å². The van der Waals surface area contributed by atoms with Gasteiger partial charge in [-0.25, -0.2) is 4.98 Å². The fourth-order valence-corrected chi connectivity index (χ4v) is 8.50. The summed E-state index contributed by atoms with van der Waals surface area (Å²) in [7, 11) is 0. The summed E-state index contributed by atoms with van der Waals surface area (Å²) in [6, 6.07) is 62.6. The van der Waals surface area contributed by atoms with Gasteiger partial charge in [-0.2, -0.15) is 9.97 Å². The minimum atomic E-state index is 0.530. The van der Waals surface area contributed by atoms with Gasteiger partial charge < -0.3 is 8.83 Å². The van der Waals surface area contributed by atoms with Crippen molar-refractivity contribution in [2.45, 2.75) is 0 Å². The summed E-state index contributed by atoms with van der Waals surface area (Å²) in [5.41, 5.74) is 11.6. The highest BCUT2D eigenvalue weighted by molar-refractivity contribution is 6.27. The number of fused-ring (bicyclic) bond motifs is 10. The van der Waals surface area contributed by atoms with Gasteiger partial charge in [0.05, 0.1) is 11.0 Å². The van der Waals surface area contributed by atoms with Crippen molar-refractivity contribution in [3.05, 3.63) is 182 Å². The van der Waals surface area contributed by atoms with E-state index in [0.29, 0.717) is 17.6 Å². The fraction of sp³-hybridized carbons (Fsp3) is 0. The van der Waals surface area contributed by atoms with E-state index < -0.39 is 0 Å². The van der Waals surface area contributed by atoms with Crippen molar-refractivity contribution < 1.29 is 8.83 Å². The van der Waals surface area contributed by atoms with Gasteiger partial charge in [0.1, 0.15) is 22.3 Å². The van der Waals surface area contributed by atoms with Crippen molar-refractivity contribution >= 4 is 65.7 Å². The Morgan fingerprint density at radius 3 is 1.82 bits per heavy atom. The van der Waals surface area contributed by atoms with Crippen molar-refractivity contribution in [1.29, 1.82) is 0 Å². The van der Waals surface area contributed by atoms with Gasteiger partial charge in [-0.3, -0.25) is 4.57 Å². The molecule has 0 bridgehead atoms. The third-order valence-corrected chi connectivity index (χ3v) is 11.1. The first-order valence-electron chi connectivity index (χ1n) is 19.0. The summed E-state index contributed by atoms with van der Waals surface area (Å²) in [6.07, 6.45) is 0. The maximum Gasteiger partial charge on any atom is 0.238 e. The molecular weight excluding hydrogens is 701 g/mol. The van der Waals surface area contributed by atoms with Crippen LogP contribution >= 0.6 is 0 Å². The summed E-state index contributed by atoms with van der Waals surface area (Å²) >= 11 is 0. The van der Waals surface area contributed by atoms with Crippen LogP contribution in [0.4, 0.5) is 0 Å². The van der Waals surface area contributed by atoms with Crippen LogP contribution in [0, 0.1) is 0 Å². The molecule has 0 aliphatic rings. The van der Waals surface area contributed by atoms with Crippen molar-refractivity contribution in [2.75, 3.05) is 0 Å². The molecular formula is C51H30N4O2. The first kappa shape index (κ1) is 31.5. The van der Waals surface area contributed by atoms with E-state index in [-0.39, 0.29) is 0 Å². The lowest BCUT2D eigenvalue weighted by Crippen LogP contribution is -2.06. The largest absolute Gasteiger partial charge is 0.456 e. The Hall–Kier alpha value is -7.83. The fourth-order valence-electron chi connectivity index (χ4n) is 8.50. The van der Waals surface area contributed by atoms with Crippen LogP contribution < -0.4 is 0 Å². The zero-order valence-electron chi connectivity index (χ0n) is 30.4. The van der Waals surface area contributed by atoms with Crippen LogP contribution in [0.2, 0.25) is 0 Å². The van der Waals surface area contributed by atoms with Crippen molar-refractivity contribution in [1.82, 2.24) is 19.5 Å². The summed E-state index contributed by atoms with van der Waals surface area (Å²) < 4.78 is 15.1. The van der Waals surface area contributed by atoms with E-state index in [4.69, 9.17) is 23.8 Å². The molecule has 0 atom stereocenters. The molecule has 4 heterocycles. The lowest BCUT2D eigenvalue weighted by atomic mass is 9.96. The summed E-state index contributed by atoms with van der Waals surface area (Å²) in [6.45, 7) is 0. The molecule has 0 spiro atoms. The Balaban J connectivity index is 1.06.